The van der Waals surface area contributed by atoms with Gasteiger partial charge in [0, 0.05) is 8.95 Å². The summed E-state index contributed by atoms with van der Waals surface area (Å²) in [6.07, 6.45) is 0. The van der Waals surface area contributed by atoms with Crippen molar-refractivity contribution in [1.82, 2.24) is 5.32 Å². The third-order valence-corrected chi connectivity index (χ3v) is 4.01. The molecule has 0 radical (unpaired) electrons. The molecule has 0 fully saturated rings. The van der Waals surface area contributed by atoms with Crippen LogP contribution in [0, 0.1) is 0 Å². The molecule has 1 amide bonds. The van der Waals surface area contributed by atoms with E-state index in [-0.39, 0.29) is 12.5 Å². The Balaban J connectivity index is 2.17. The normalized spacial score (nSPS) is 11.9. The fraction of sp³-hybridized carbons (Fsp3) is 0.133. The number of aliphatic hydroxyl groups excluding tert-OH is 1. The molecule has 0 saturated heterocycles. The van der Waals surface area contributed by atoms with E-state index < -0.39 is 6.04 Å². The minimum Gasteiger partial charge on any atom is -0.394 e. The molecule has 2 aromatic carbocycles. The van der Waals surface area contributed by atoms with Crippen LogP contribution in [0.3, 0.4) is 0 Å². The number of carbonyl (C=O) groups is 1. The van der Waals surface area contributed by atoms with Crippen molar-refractivity contribution < 1.29 is 9.90 Å². The molecule has 1 unspecified atom stereocenters. The third-order valence-electron chi connectivity index (χ3n) is 2.87. The molecule has 0 aliphatic heterocycles. The summed E-state index contributed by atoms with van der Waals surface area (Å²) >= 11 is 6.71. The van der Waals surface area contributed by atoms with Gasteiger partial charge >= 0.3 is 0 Å². The van der Waals surface area contributed by atoms with E-state index in [1.165, 1.54) is 0 Å². The second kappa shape index (κ2) is 7.02. The summed E-state index contributed by atoms with van der Waals surface area (Å²) in [6, 6.07) is 14.3. The fourth-order valence-corrected chi connectivity index (χ4v) is 3.06. The number of halogens is 2. The largest absolute Gasteiger partial charge is 0.394 e. The second-order valence-electron chi connectivity index (χ2n) is 4.24. The summed E-state index contributed by atoms with van der Waals surface area (Å²) < 4.78 is 1.59. The van der Waals surface area contributed by atoms with Crippen LogP contribution >= 0.6 is 31.9 Å². The number of amides is 1. The van der Waals surface area contributed by atoms with Gasteiger partial charge in [-0.1, -0.05) is 46.3 Å². The number of nitrogens with one attached hydrogen (secondary N) is 1. The van der Waals surface area contributed by atoms with Crippen LogP contribution in [0.15, 0.2) is 57.5 Å². The standard InChI is InChI=1S/C15H13Br2NO2/c16-11-6-7-12(13(17)8-11)15(20)18-14(9-19)10-4-2-1-3-5-10/h1-8,14,19H,9H2,(H,18,20). The van der Waals surface area contributed by atoms with Crippen molar-refractivity contribution in [1.29, 1.82) is 0 Å². The molecule has 20 heavy (non-hydrogen) atoms. The van der Waals surface area contributed by atoms with Crippen LogP contribution in [0.1, 0.15) is 22.0 Å². The Kier molecular flexibility index (Phi) is 5.34. The molecule has 0 aliphatic carbocycles. The van der Waals surface area contributed by atoms with Crippen molar-refractivity contribution in [2.75, 3.05) is 6.61 Å². The van der Waals surface area contributed by atoms with Gasteiger partial charge in [-0.3, -0.25) is 4.79 Å². The molecular formula is C15H13Br2NO2. The molecule has 2 rings (SSSR count). The number of hydrogen-bond donors (Lipinski definition) is 2. The highest BCUT2D eigenvalue weighted by Gasteiger charge is 2.16. The highest BCUT2D eigenvalue weighted by molar-refractivity contribution is 9.11. The monoisotopic (exact) mass is 397 g/mol. The van der Waals surface area contributed by atoms with Gasteiger partial charge in [-0.15, -0.1) is 0 Å². The fourth-order valence-electron chi connectivity index (χ4n) is 1.83. The lowest BCUT2D eigenvalue weighted by Crippen LogP contribution is -2.31. The number of aliphatic hydroxyl groups is 1. The number of benzene rings is 2. The SMILES string of the molecule is O=C(NC(CO)c1ccccc1)c1ccc(Br)cc1Br. The molecule has 0 spiro atoms. The number of carbonyl (C=O) groups excluding carboxylic acids is 1. The van der Waals surface area contributed by atoms with E-state index in [0.717, 1.165) is 10.0 Å². The van der Waals surface area contributed by atoms with Crippen LogP contribution in [0.4, 0.5) is 0 Å². The highest BCUT2D eigenvalue weighted by Crippen LogP contribution is 2.22. The van der Waals surface area contributed by atoms with Crippen molar-refractivity contribution in [2.24, 2.45) is 0 Å². The molecule has 104 valence electrons. The summed E-state index contributed by atoms with van der Waals surface area (Å²) in [6.45, 7) is -0.149. The van der Waals surface area contributed by atoms with E-state index in [1.807, 2.05) is 36.4 Å². The Labute approximate surface area is 134 Å². The van der Waals surface area contributed by atoms with Gasteiger partial charge in [0.2, 0.25) is 0 Å². The molecule has 0 aliphatic rings. The zero-order valence-corrected chi connectivity index (χ0v) is 13.7. The van der Waals surface area contributed by atoms with Crippen molar-refractivity contribution in [3.63, 3.8) is 0 Å². The maximum Gasteiger partial charge on any atom is 0.252 e. The van der Waals surface area contributed by atoms with Crippen LogP contribution in [0.5, 0.6) is 0 Å². The van der Waals surface area contributed by atoms with Gasteiger partial charge in [-0.2, -0.15) is 0 Å². The Morgan fingerprint density at radius 1 is 1.15 bits per heavy atom. The summed E-state index contributed by atoms with van der Waals surface area (Å²) in [5.74, 6) is -0.229. The quantitative estimate of drug-likeness (QED) is 0.825. The molecule has 5 heteroatoms. The number of rotatable bonds is 4. The second-order valence-corrected chi connectivity index (χ2v) is 6.01. The van der Waals surface area contributed by atoms with E-state index in [0.29, 0.717) is 10.0 Å². The highest BCUT2D eigenvalue weighted by atomic mass is 79.9. The smallest absolute Gasteiger partial charge is 0.252 e. The average molecular weight is 399 g/mol. The minimum absolute atomic E-state index is 0.149. The van der Waals surface area contributed by atoms with Crippen molar-refractivity contribution in [3.05, 3.63) is 68.6 Å². The van der Waals surface area contributed by atoms with E-state index in [1.54, 1.807) is 12.1 Å². The van der Waals surface area contributed by atoms with Gasteiger partial charge in [0.15, 0.2) is 0 Å². The molecule has 0 saturated carbocycles. The molecule has 0 aromatic heterocycles. The van der Waals surface area contributed by atoms with Gasteiger partial charge < -0.3 is 10.4 Å². The van der Waals surface area contributed by atoms with Crippen LogP contribution in [-0.4, -0.2) is 17.6 Å². The molecule has 2 aromatic rings. The van der Waals surface area contributed by atoms with Crippen molar-refractivity contribution in [2.45, 2.75) is 6.04 Å². The molecule has 0 bridgehead atoms. The van der Waals surface area contributed by atoms with E-state index in [9.17, 15) is 9.90 Å². The first-order chi connectivity index (χ1) is 9.61. The van der Waals surface area contributed by atoms with Crippen LogP contribution in [0.25, 0.3) is 0 Å². The van der Waals surface area contributed by atoms with Gasteiger partial charge in [0.25, 0.3) is 5.91 Å². The lowest BCUT2D eigenvalue weighted by molar-refractivity contribution is 0.0915. The Hall–Kier alpha value is -1.17. The number of hydrogen-bond acceptors (Lipinski definition) is 2. The molecule has 0 heterocycles. The summed E-state index contributed by atoms with van der Waals surface area (Å²) in [5.41, 5.74) is 1.40. The van der Waals surface area contributed by atoms with Gasteiger partial charge in [-0.25, -0.2) is 0 Å². The zero-order valence-electron chi connectivity index (χ0n) is 10.5. The van der Waals surface area contributed by atoms with Crippen LogP contribution < -0.4 is 5.32 Å². The topological polar surface area (TPSA) is 49.3 Å². The van der Waals surface area contributed by atoms with E-state index in [4.69, 9.17) is 0 Å². The van der Waals surface area contributed by atoms with E-state index >= 15 is 0 Å². The maximum atomic E-state index is 12.3. The lowest BCUT2D eigenvalue weighted by atomic mass is 10.1. The lowest BCUT2D eigenvalue weighted by Gasteiger charge is -2.17. The first kappa shape index (κ1) is 15.2. The Bertz CT molecular complexity index is 602. The van der Waals surface area contributed by atoms with Crippen molar-refractivity contribution >= 4 is 37.8 Å². The Morgan fingerprint density at radius 3 is 2.45 bits per heavy atom. The molecule has 3 nitrogen and oxygen atoms in total. The molecule has 1 atom stereocenters. The average Bonchev–Trinajstić information content (AvgIpc) is 2.45. The predicted octanol–water partition coefficient (Wildman–Crippen LogP) is 3.68. The molecular weight excluding hydrogens is 386 g/mol. The summed E-state index contributed by atoms with van der Waals surface area (Å²) in [4.78, 5) is 12.3. The predicted molar refractivity (Wildman–Crippen MR) is 85.6 cm³/mol. The first-order valence-corrected chi connectivity index (χ1v) is 7.62. The van der Waals surface area contributed by atoms with Gasteiger partial charge in [-0.05, 0) is 39.7 Å². The first-order valence-electron chi connectivity index (χ1n) is 6.03. The Morgan fingerprint density at radius 2 is 1.85 bits per heavy atom. The van der Waals surface area contributed by atoms with Gasteiger partial charge in [0.05, 0.1) is 18.2 Å². The minimum atomic E-state index is -0.417. The summed E-state index contributed by atoms with van der Waals surface area (Å²) in [7, 11) is 0. The van der Waals surface area contributed by atoms with Crippen LogP contribution in [-0.2, 0) is 0 Å². The van der Waals surface area contributed by atoms with Crippen LogP contribution in [0.2, 0.25) is 0 Å². The van der Waals surface area contributed by atoms with E-state index in [2.05, 4.69) is 37.2 Å². The summed E-state index contributed by atoms with van der Waals surface area (Å²) in [5, 5.41) is 12.3. The molecule has 2 N–H and O–H groups in total. The maximum absolute atomic E-state index is 12.3. The van der Waals surface area contributed by atoms with Crippen molar-refractivity contribution in [3.8, 4) is 0 Å². The van der Waals surface area contributed by atoms with Gasteiger partial charge in [0.1, 0.15) is 0 Å². The third kappa shape index (κ3) is 3.69. The zero-order chi connectivity index (χ0) is 14.5.